The van der Waals surface area contributed by atoms with E-state index in [-0.39, 0.29) is 18.4 Å². The lowest BCUT2D eigenvalue weighted by atomic mass is 10.1. The Labute approximate surface area is 121 Å². The van der Waals surface area contributed by atoms with E-state index >= 15 is 0 Å². The maximum absolute atomic E-state index is 12.4. The van der Waals surface area contributed by atoms with Crippen LogP contribution >= 0.6 is 0 Å². The molecule has 0 saturated carbocycles. The van der Waals surface area contributed by atoms with Gasteiger partial charge >= 0.3 is 0 Å². The van der Waals surface area contributed by atoms with Gasteiger partial charge in [0.25, 0.3) is 5.91 Å². The van der Waals surface area contributed by atoms with Crippen molar-refractivity contribution in [3.8, 4) is 0 Å². The largest absolute Gasteiger partial charge is 0.396 e. The Bertz CT molecular complexity index is 440. The van der Waals surface area contributed by atoms with Gasteiger partial charge < -0.3 is 14.9 Å². The molecular formula is C16H24N2O2. The number of hydrogen-bond donors (Lipinski definition) is 1. The summed E-state index contributed by atoms with van der Waals surface area (Å²) in [5.74, 6) is 0.320. The van der Waals surface area contributed by atoms with Crippen LogP contribution in [-0.2, 0) is 0 Å². The molecule has 1 N–H and O–H groups in total. The molecule has 0 radical (unpaired) electrons. The van der Waals surface area contributed by atoms with Crippen molar-refractivity contribution in [1.29, 1.82) is 0 Å². The fourth-order valence-corrected chi connectivity index (χ4v) is 2.75. The molecule has 1 saturated heterocycles. The predicted molar refractivity (Wildman–Crippen MR) is 81.1 cm³/mol. The number of hydrogen-bond acceptors (Lipinski definition) is 3. The Morgan fingerprint density at radius 1 is 1.30 bits per heavy atom. The van der Waals surface area contributed by atoms with Crippen molar-refractivity contribution in [2.75, 3.05) is 37.7 Å². The first-order valence-corrected chi connectivity index (χ1v) is 7.44. The van der Waals surface area contributed by atoms with Gasteiger partial charge in [-0.15, -0.1) is 0 Å². The van der Waals surface area contributed by atoms with Gasteiger partial charge in [0.15, 0.2) is 0 Å². The third-order valence-electron chi connectivity index (χ3n) is 4.07. The number of likely N-dealkylation sites (tertiary alicyclic amines) is 1. The zero-order valence-corrected chi connectivity index (χ0v) is 12.4. The summed E-state index contributed by atoms with van der Waals surface area (Å²) < 4.78 is 0. The summed E-state index contributed by atoms with van der Waals surface area (Å²) >= 11 is 0. The van der Waals surface area contributed by atoms with Gasteiger partial charge in [-0.25, -0.2) is 0 Å². The lowest BCUT2D eigenvalue weighted by Crippen LogP contribution is -2.29. The van der Waals surface area contributed by atoms with E-state index in [1.54, 1.807) is 0 Å². The number of aliphatic hydroxyl groups is 1. The van der Waals surface area contributed by atoms with E-state index in [1.165, 1.54) is 0 Å². The summed E-state index contributed by atoms with van der Waals surface area (Å²) in [4.78, 5) is 16.5. The highest BCUT2D eigenvalue weighted by Gasteiger charge is 2.26. The maximum atomic E-state index is 12.4. The molecule has 0 aliphatic carbocycles. The van der Waals surface area contributed by atoms with E-state index in [9.17, 15) is 4.79 Å². The zero-order valence-electron chi connectivity index (χ0n) is 12.4. The monoisotopic (exact) mass is 276 g/mol. The molecule has 1 fully saturated rings. The standard InChI is InChI=1S/C16H24N2O2/c1-3-17(4-2)15-7-5-14(6-8-15)16(20)18-10-9-13(11-18)12-19/h5-8,13,19H,3-4,9-12H2,1-2H3. The normalized spacial score (nSPS) is 18.4. The number of rotatable bonds is 5. The summed E-state index contributed by atoms with van der Waals surface area (Å²) in [6.07, 6.45) is 0.903. The summed E-state index contributed by atoms with van der Waals surface area (Å²) in [5.41, 5.74) is 1.89. The van der Waals surface area contributed by atoms with Crippen LogP contribution in [0.2, 0.25) is 0 Å². The molecule has 20 heavy (non-hydrogen) atoms. The summed E-state index contributed by atoms with van der Waals surface area (Å²) in [7, 11) is 0. The zero-order chi connectivity index (χ0) is 14.5. The highest BCUT2D eigenvalue weighted by Crippen LogP contribution is 2.20. The average Bonchev–Trinajstić information content (AvgIpc) is 2.97. The maximum Gasteiger partial charge on any atom is 0.253 e. The van der Waals surface area contributed by atoms with Gasteiger partial charge in [-0.05, 0) is 44.5 Å². The van der Waals surface area contributed by atoms with Crippen LogP contribution in [0.1, 0.15) is 30.6 Å². The fraction of sp³-hybridized carbons (Fsp3) is 0.562. The van der Waals surface area contributed by atoms with Crippen LogP contribution in [0.15, 0.2) is 24.3 Å². The minimum Gasteiger partial charge on any atom is -0.396 e. The molecule has 1 aromatic rings. The van der Waals surface area contributed by atoms with Gasteiger partial charge in [0.05, 0.1) is 0 Å². The molecular weight excluding hydrogens is 252 g/mol. The summed E-state index contributed by atoms with van der Waals surface area (Å²) in [5, 5.41) is 9.14. The summed E-state index contributed by atoms with van der Waals surface area (Å²) in [6, 6.07) is 7.84. The van der Waals surface area contributed by atoms with Crippen molar-refractivity contribution in [3.63, 3.8) is 0 Å². The lowest BCUT2D eigenvalue weighted by Gasteiger charge is -2.21. The minimum absolute atomic E-state index is 0.0760. The van der Waals surface area contributed by atoms with Crippen LogP contribution in [-0.4, -0.2) is 48.7 Å². The number of carbonyl (C=O) groups is 1. The summed E-state index contributed by atoms with van der Waals surface area (Å²) in [6.45, 7) is 7.78. The van der Waals surface area contributed by atoms with Crippen molar-refractivity contribution in [3.05, 3.63) is 29.8 Å². The first-order valence-electron chi connectivity index (χ1n) is 7.44. The smallest absolute Gasteiger partial charge is 0.253 e. The van der Waals surface area contributed by atoms with Crippen molar-refractivity contribution < 1.29 is 9.90 Å². The molecule has 110 valence electrons. The molecule has 1 aliphatic rings. The predicted octanol–water partition coefficient (Wildman–Crippen LogP) is 1.99. The van der Waals surface area contributed by atoms with Crippen LogP contribution < -0.4 is 4.90 Å². The van der Waals surface area contributed by atoms with Gasteiger partial charge in [0.1, 0.15) is 0 Å². The Kier molecular flexibility index (Phi) is 5.01. The van der Waals surface area contributed by atoms with Crippen molar-refractivity contribution in [2.24, 2.45) is 5.92 Å². The highest BCUT2D eigenvalue weighted by molar-refractivity contribution is 5.94. The Morgan fingerprint density at radius 3 is 2.45 bits per heavy atom. The molecule has 1 aliphatic heterocycles. The van der Waals surface area contributed by atoms with E-state index in [0.717, 1.165) is 37.3 Å². The second kappa shape index (κ2) is 6.75. The van der Waals surface area contributed by atoms with Crippen molar-refractivity contribution >= 4 is 11.6 Å². The number of anilines is 1. The van der Waals surface area contributed by atoms with Crippen molar-refractivity contribution in [1.82, 2.24) is 4.90 Å². The molecule has 0 spiro atoms. The average molecular weight is 276 g/mol. The molecule has 0 aromatic heterocycles. The van der Waals surface area contributed by atoms with Crippen LogP contribution in [0, 0.1) is 5.92 Å². The number of nitrogens with zero attached hydrogens (tertiary/aromatic N) is 2. The van der Waals surface area contributed by atoms with E-state index < -0.39 is 0 Å². The number of benzene rings is 1. The number of amides is 1. The molecule has 4 heteroatoms. The minimum atomic E-state index is 0.0760. The second-order valence-electron chi connectivity index (χ2n) is 5.31. The second-order valence-corrected chi connectivity index (χ2v) is 5.31. The van der Waals surface area contributed by atoms with Crippen LogP contribution in [0.3, 0.4) is 0 Å². The molecule has 1 aromatic carbocycles. The Morgan fingerprint density at radius 2 is 1.95 bits per heavy atom. The highest BCUT2D eigenvalue weighted by atomic mass is 16.3. The number of aliphatic hydroxyl groups excluding tert-OH is 1. The first kappa shape index (κ1) is 14.9. The van der Waals surface area contributed by atoms with Crippen LogP contribution in [0.5, 0.6) is 0 Å². The molecule has 1 amide bonds. The molecule has 0 bridgehead atoms. The van der Waals surface area contributed by atoms with E-state index in [2.05, 4.69) is 18.7 Å². The molecule has 2 rings (SSSR count). The Hall–Kier alpha value is -1.55. The number of carbonyl (C=O) groups excluding carboxylic acids is 1. The molecule has 1 heterocycles. The topological polar surface area (TPSA) is 43.8 Å². The van der Waals surface area contributed by atoms with Gasteiger partial charge in [-0.3, -0.25) is 4.79 Å². The SMILES string of the molecule is CCN(CC)c1ccc(C(=O)N2CCC(CO)C2)cc1. The lowest BCUT2D eigenvalue weighted by molar-refractivity contribution is 0.0782. The third-order valence-corrected chi connectivity index (χ3v) is 4.07. The van der Waals surface area contributed by atoms with Gasteiger partial charge in [0, 0.05) is 50.0 Å². The molecule has 1 unspecified atom stereocenters. The molecule has 1 atom stereocenters. The van der Waals surface area contributed by atoms with Crippen LogP contribution in [0.25, 0.3) is 0 Å². The van der Waals surface area contributed by atoms with Gasteiger partial charge in [0.2, 0.25) is 0 Å². The van der Waals surface area contributed by atoms with Gasteiger partial charge in [-0.1, -0.05) is 0 Å². The van der Waals surface area contributed by atoms with E-state index in [0.29, 0.717) is 6.54 Å². The quantitative estimate of drug-likeness (QED) is 0.894. The van der Waals surface area contributed by atoms with Gasteiger partial charge in [-0.2, -0.15) is 0 Å². The fourth-order valence-electron chi connectivity index (χ4n) is 2.75. The van der Waals surface area contributed by atoms with Crippen molar-refractivity contribution in [2.45, 2.75) is 20.3 Å². The first-order chi connectivity index (χ1) is 9.69. The third kappa shape index (κ3) is 3.12. The Balaban J connectivity index is 2.04. The van der Waals surface area contributed by atoms with Crippen LogP contribution in [0.4, 0.5) is 5.69 Å². The molecule has 4 nitrogen and oxygen atoms in total. The van der Waals surface area contributed by atoms with E-state index in [4.69, 9.17) is 5.11 Å². The van der Waals surface area contributed by atoms with E-state index in [1.807, 2.05) is 29.2 Å².